The zero-order valence-electron chi connectivity index (χ0n) is 15.4. The van der Waals surface area contributed by atoms with Crippen molar-refractivity contribution in [1.82, 2.24) is 9.88 Å². The van der Waals surface area contributed by atoms with Crippen LogP contribution < -0.4 is 5.32 Å². The molecular formula is C19H15F6N3O2. The second-order valence-electron chi connectivity index (χ2n) is 6.83. The number of carbonyl (C=O) groups is 2. The first kappa shape index (κ1) is 21.6. The van der Waals surface area contributed by atoms with E-state index < -0.39 is 52.8 Å². The number of anilines is 1. The van der Waals surface area contributed by atoms with Crippen LogP contribution in [0.4, 0.5) is 32.0 Å². The molecule has 2 heterocycles. The molecule has 2 aromatic rings. The van der Waals surface area contributed by atoms with Gasteiger partial charge in [-0.3, -0.25) is 14.6 Å². The minimum Gasteiger partial charge on any atom is -0.344 e. The lowest BCUT2D eigenvalue weighted by Gasteiger charge is -2.19. The molecule has 0 aliphatic carbocycles. The summed E-state index contributed by atoms with van der Waals surface area (Å²) in [6.07, 6.45) is -7.57. The molecule has 0 bridgehead atoms. The number of pyridine rings is 1. The number of aromatic nitrogens is 1. The van der Waals surface area contributed by atoms with Crippen LogP contribution in [-0.4, -0.2) is 35.3 Å². The van der Waals surface area contributed by atoms with Crippen molar-refractivity contribution in [3.8, 4) is 0 Å². The Morgan fingerprint density at radius 1 is 1.07 bits per heavy atom. The van der Waals surface area contributed by atoms with Crippen molar-refractivity contribution in [2.75, 3.05) is 18.9 Å². The molecule has 1 N–H and O–H groups in total. The van der Waals surface area contributed by atoms with Crippen LogP contribution in [0.25, 0.3) is 0 Å². The Morgan fingerprint density at radius 2 is 1.70 bits per heavy atom. The average Bonchev–Trinajstić information content (AvgIpc) is 2.95. The lowest BCUT2D eigenvalue weighted by Crippen LogP contribution is -2.33. The highest BCUT2D eigenvalue weighted by molar-refractivity contribution is 6.08. The SMILES string of the molecule is CN1C[C@@H](c2ccc(C(F)(F)F)cc2)[C@H](C(=O)Nc2cnccc2C(F)(F)F)C1=O. The normalized spacial score (nSPS) is 19.8. The molecule has 2 amide bonds. The maximum atomic E-state index is 13.1. The number of alkyl halides is 6. The molecule has 0 saturated carbocycles. The summed E-state index contributed by atoms with van der Waals surface area (Å²) in [5.74, 6) is -3.86. The minimum absolute atomic E-state index is 0.0292. The van der Waals surface area contributed by atoms with Crippen molar-refractivity contribution < 1.29 is 35.9 Å². The summed E-state index contributed by atoms with van der Waals surface area (Å²) in [7, 11) is 1.40. The minimum atomic E-state index is -4.76. The second-order valence-corrected chi connectivity index (χ2v) is 6.83. The summed E-state index contributed by atoms with van der Waals surface area (Å²) in [4.78, 5) is 30.0. The van der Waals surface area contributed by atoms with Gasteiger partial charge in [0.1, 0.15) is 5.92 Å². The first-order chi connectivity index (χ1) is 13.9. The molecule has 3 rings (SSSR count). The van der Waals surface area contributed by atoms with Crippen molar-refractivity contribution in [2.24, 2.45) is 5.92 Å². The number of rotatable bonds is 3. The highest BCUT2D eigenvalue weighted by atomic mass is 19.4. The van der Waals surface area contributed by atoms with E-state index in [0.29, 0.717) is 11.6 Å². The van der Waals surface area contributed by atoms with Crippen molar-refractivity contribution in [3.05, 3.63) is 59.4 Å². The van der Waals surface area contributed by atoms with Crippen LogP contribution in [0.1, 0.15) is 22.6 Å². The van der Waals surface area contributed by atoms with E-state index >= 15 is 0 Å². The molecule has 0 spiro atoms. The van der Waals surface area contributed by atoms with Gasteiger partial charge in [0.15, 0.2) is 0 Å². The zero-order valence-corrected chi connectivity index (χ0v) is 15.4. The molecule has 1 aromatic carbocycles. The van der Waals surface area contributed by atoms with Crippen LogP contribution in [0, 0.1) is 5.92 Å². The number of likely N-dealkylation sites (N-methyl/N-ethyl adjacent to an activating group) is 1. The first-order valence-electron chi connectivity index (χ1n) is 8.64. The van der Waals surface area contributed by atoms with E-state index in [1.807, 2.05) is 0 Å². The average molecular weight is 431 g/mol. The molecule has 5 nitrogen and oxygen atoms in total. The molecular weight excluding hydrogens is 416 g/mol. The van der Waals surface area contributed by atoms with Gasteiger partial charge < -0.3 is 10.2 Å². The van der Waals surface area contributed by atoms with Crippen LogP contribution in [0.15, 0.2) is 42.7 Å². The highest BCUT2D eigenvalue weighted by Crippen LogP contribution is 2.38. The van der Waals surface area contributed by atoms with Crippen molar-refractivity contribution in [3.63, 3.8) is 0 Å². The molecule has 1 aromatic heterocycles. The molecule has 1 saturated heterocycles. The monoisotopic (exact) mass is 431 g/mol. The number of amides is 2. The van der Waals surface area contributed by atoms with Gasteiger partial charge in [-0.2, -0.15) is 26.3 Å². The second kappa shape index (κ2) is 7.62. The van der Waals surface area contributed by atoms with Gasteiger partial charge in [0.2, 0.25) is 11.8 Å². The molecule has 160 valence electrons. The number of benzene rings is 1. The lowest BCUT2D eigenvalue weighted by atomic mass is 9.87. The molecule has 2 atom stereocenters. The van der Waals surface area contributed by atoms with Crippen LogP contribution >= 0.6 is 0 Å². The molecule has 1 fully saturated rings. The Morgan fingerprint density at radius 3 is 2.27 bits per heavy atom. The van der Waals surface area contributed by atoms with Crippen LogP contribution in [0.2, 0.25) is 0 Å². The van der Waals surface area contributed by atoms with Gasteiger partial charge in [-0.05, 0) is 23.8 Å². The van der Waals surface area contributed by atoms with E-state index in [4.69, 9.17) is 0 Å². The van der Waals surface area contributed by atoms with Gasteiger partial charge in [0, 0.05) is 25.7 Å². The quantitative estimate of drug-likeness (QED) is 0.592. The molecule has 0 radical (unpaired) electrons. The molecule has 1 aliphatic heterocycles. The topological polar surface area (TPSA) is 62.3 Å². The predicted octanol–water partition coefficient (Wildman–Crippen LogP) is 3.93. The molecule has 30 heavy (non-hydrogen) atoms. The number of nitrogens with one attached hydrogen (secondary N) is 1. The third-order valence-electron chi connectivity index (χ3n) is 4.85. The molecule has 0 unspecified atom stereocenters. The van der Waals surface area contributed by atoms with E-state index in [9.17, 15) is 35.9 Å². The van der Waals surface area contributed by atoms with E-state index in [2.05, 4.69) is 10.3 Å². The third-order valence-corrected chi connectivity index (χ3v) is 4.85. The van der Waals surface area contributed by atoms with Gasteiger partial charge in [0.25, 0.3) is 0 Å². The van der Waals surface area contributed by atoms with Gasteiger partial charge in [-0.15, -0.1) is 0 Å². The summed E-state index contributed by atoms with van der Waals surface area (Å²) in [5, 5.41) is 2.10. The van der Waals surface area contributed by atoms with Crippen molar-refractivity contribution in [2.45, 2.75) is 18.3 Å². The zero-order chi connectivity index (χ0) is 22.3. The number of hydrogen-bond donors (Lipinski definition) is 1. The molecule has 1 aliphatic rings. The van der Waals surface area contributed by atoms with E-state index in [1.165, 1.54) is 11.9 Å². The van der Waals surface area contributed by atoms with Crippen LogP contribution in [-0.2, 0) is 21.9 Å². The number of carbonyl (C=O) groups excluding carboxylic acids is 2. The Kier molecular flexibility index (Phi) is 5.48. The van der Waals surface area contributed by atoms with Crippen molar-refractivity contribution >= 4 is 17.5 Å². The number of hydrogen-bond acceptors (Lipinski definition) is 3. The highest BCUT2D eigenvalue weighted by Gasteiger charge is 2.45. The standard InChI is InChI=1S/C19H15F6N3O2/c1-28-9-12(10-2-4-11(5-3-10)18(20,21)22)15(17(28)30)16(29)27-14-8-26-7-6-13(14)19(23,24)25/h2-8,12,15H,9H2,1H3,(H,27,29)/t12-,15+/m0/s1. The van der Waals surface area contributed by atoms with Gasteiger partial charge in [-0.25, -0.2) is 0 Å². The largest absolute Gasteiger partial charge is 0.418 e. The predicted molar refractivity (Wildman–Crippen MR) is 93.2 cm³/mol. The Labute approximate surface area is 166 Å². The Balaban J connectivity index is 1.90. The number of halogens is 6. The molecule has 11 heteroatoms. The van der Waals surface area contributed by atoms with Gasteiger partial charge >= 0.3 is 12.4 Å². The van der Waals surface area contributed by atoms with Crippen molar-refractivity contribution in [1.29, 1.82) is 0 Å². The Bertz CT molecular complexity index is 956. The first-order valence-corrected chi connectivity index (χ1v) is 8.64. The maximum absolute atomic E-state index is 13.1. The van der Waals surface area contributed by atoms with Gasteiger partial charge in [0.05, 0.1) is 23.0 Å². The van der Waals surface area contributed by atoms with E-state index in [-0.39, 0.29) is 6.54 Å². The lowest BCUT2D eigenvalue weighted by molar-refractivity contribution is -0.138. The summed E-state index contributed by atoms with van der Waals surface area (Å²) in [5.41, 5.74) is -2.34. The Hall–Kier alpha value is -3.11. The summed E-state index contributed by atoms with van der Waals surface area (Å²) >= 11 is 0. The summed E-state index contributed by atoms with van der Waals surface area (Å²) in [6.45, 7) is 0.0292. The van der Waals surface area contributed by atoms with Crippen LogP contribution in [0.5, 0.6) is 0 Å². The third kappa shape index (κ3) is 4.24. The van der Waals surface area contributed by atoms with Crippen LogP contribution in [0.3, 0.4) is 0 Å². The number of likely N-dealkylation sites (tertiary alicyclic amines) is 1. The van der Waals surface area contributed by atoms with Gasteiger partial charge in [-0.1, -0.05) is 12.1 Å². The summed E-state index contributed by atoms with van der Waals surface area (Å²) in [6, 6.07) is 4.66. The fourth-order valence-electron chi connectivity index (χ4n) is 3.36. The summed E-state index contributed by atoms with van der Waals surface area (Å²) < 4.78 is 77.8. The van der Waals surface area contributed by atoms with E-state index in [0.717, 1.165) is 36.7 Å². The fraction of sp³-hybridized carbons (Fsp3) is 0.316. The van der Waals surface area contributed by atoms with E-state index in [1.54, 1.807) is 0 Å². The fourth-order valence-corrected chi connectivity index (χ4v) is 3.36. The maximum Gasteiger partial charge on any atom is 0.418 e. The number of nitrogens with zero attached hydrogens (tertiary/aromatic N) is 2. The smallest absolute Gasteiger partial charge is 0.344 e.